The predicted molar refractivity (Wildman–Crippen MR) is 83.6 cm³/mol. The molecule has 3 rings (SSSR count). The molecule has 0 spiro atoms. The minimum absolute atomic E-state index is 0.114. The Balaban J connectivity index is 1.55. The van der Waals surface area contributed by atoms with E-state index in [0.717, 1.165) is 5.56 Å². The second-order valence-corrected chi connectivity index (χ2v) is 5.06. The average Bonchev–Trinajstić information content (AvgIpc) is 3.20. The van der Waals surface area contributed by atoms with Crippen LogP contribution in [0.15, 0.2) is 53.6 Å². The van der Waals surface area contributed by atoms with Gasteiger partial charge in [-0.3, -0.25) is 10.00 Å². The molecule has 0 radical (unpaired) electrons. The maximum atomic E-state index is 11.9. The third-order valence-electron chi connectivity index (χ3n) is 3.12. The van der Waals surface area contributed by atoms with Crippen molar-refractivity contribution in [3.05, 3.63) is 49.1 Å². The topological polar surface area (TPSA) is 97.9 Å². The van der Waals surface area contributed by atoms with E-state index in [1.807, 2.05) is 37.3 Å². The fraction of sp³-hybridized carbons (Fsp3) is 0.200. The lowest BCUT2D eigenvalue weighted by Crippen LogP contribution is -2.38. The number of carbonyl (C=O) groups is 1. The van der Waals surface area contributed by atoms with Gasteiger partial charge in [0.25, 0.3) is 0 Å². The molecule has 2 amide bonds. The number of nitrogens with one attached hydrogen (secondary N) is 2. The summed E-state index contributed by atoms with van der Waals surface area (Å²) in [6.07, 6.45) is 3.05. The number of rotatable bonds is 5. The zero-order valence-electron chi connectivity index (χ0n) is 12.5. The van der Waals surface area contributed by atoms with Crippen LogP contribution in [0.3, 0.4) is 0 Å². The SMILES string of the molecule is C[C@@H](Cn1cncn1)NC(=O)Nc1cc(-c2ccccc2)on1. The third kappa shape index (κ3) is 3.94. The Labute approximate surface area is 132 Å². The molecule has 0 aliphatic rings. The molecule has 0 saturated carbocycles. The molecule has 8 heteroatoms. The lowest BCUT2D eigenvalue weighted by Gasteiger charge is -2.13. The molecule has 8 nitrogen and oxygen atoms in total. The van der Waals surface area contributed by atoms with Gasteiger partial charge in [-0.15, -0.1) is 0 Å². The molecule has 0 fully saturated rings. The summed E-state index contributed by atoms with van der Waals surface area (Å²) in [6.45, 7) is 2.40. The highest BCUT2D eigenvalue weighted by Gasteiger charge is 2.12. The van der Waals surface area contributed by atoms with Gasteiger partial charge >= 0.3 is 6.03 Å². The number of carbonyl (C=O) groups excluding carboxylic acids is 1. The van der Waals surface area contributed by atoms with Crippen LogP contribution in [0.5, 0.6) is 0 Å². The van der Waals surface area contributed by atoms with E-state index in [9.17, 15) is 4.79 Å². The summed E-state index contributed by atoms with van der Waals surface area (Å²) in [4.78, 5) is 15.8. The second kappa shape index (κ2) is 6.73. The quantitative estimate of drug-likeness (QED) is 0.752. The first-order valence-electron chi connectivity index (χ1n) is 7.13. The van der Waals surface area contributed by atoms with Crippen LogP contribution in [-0.2, 0) is 6.54 Å². The molecule has 23 heavy (non-hydrogen) atoms. The van der Waals surface area contributed by atoms with E-state index in [4.69, 9.17) is 4.52 Å². The van der Waals surface area contributed by atoms with E-state index < -0.39 is 0 Å². The highest BCUT2D eigenvalue weighted by Crippen LogP contribution is 2.21. The first-order valence-corrected chi connectivity index (χ1v) is 7.13. The minimum Gasteiger partial charge on any atom is -0.354 e. The van der Waals surface area contributed by atoms with Gasteiger partial charge in [-0.05, 0) is 6.92 Å². The third-order valence-corrected chi connectivity index (χ3v) is 3.12. The standard InChI is InChI=1S/C15H16N6O2/c1-11(8-21-10-16-9-17-21)18-15(22)19-14-7-13(23-20-14)12-5-3-2-4-6-12/h2-7,9-11H,8H2,1H3,(H2,18,19,20,22)/t11-/m0/s1. The maximum Gasteiger partial charge on any atom is 0.320 e. The molecule has 0 bridgehead atoms. The van der Waals surface area contributed by atoms with Crippen LogP contribution in [0.2, 0.25) is 0 Å². The van der Waals surface area contributed by atoms with Gasteiger partial charge in [0.15, 0.2) is 11.6 Å². The van der Waals surface area contributed by atoms with Crippen molar-refractivity contribution >= 4 is 11.8 Å². The number of benzene rings is 1. The fourth-order valence-corrected chi connectivity index (χ4v) is 2.10. The number of aromatic nitrogens is 4. The predicted octanol–water partition coefficient (Wildman–Crippen LogP) is 2.14. The fourth-order valence-electron chi connectivity index (χ4n) is 2.10. The van der Waals surface area contributed by atoms with Gasteiger partial charge in [0.2, 0.25) is 0 Å². The van der Waals surface area contributed by atoms with Crippen molar-refractivity contribution in [1.82, 2.24) is 25.2 Å². The van der Waals surface area contributed by atoms with E-state index in [1.54, 1.807) is 17.1 Å². The second-order valence-electron chi connectivity index (χ2n) is 5.06. The summed E-state index contributed by atoms with van der Waals surface area (Å²) >= 11 is 0. The van der Waals surface area contributed by atoms with Crippen molar-refractivity contribution in [3.63, 3.8) is 0 Å². The Morgan fingerprint density at radius 1 is 1.35 bits per heavy atom. The van der Waals surface area contributed by atoms with Crippen LogP contribution in [0.4, 0.5) is 10.6 Å². The van der Waals surface area contributed by atoms with Crippen LogP contribution >= 0.6 is 0 Å². The summed E-state index contributed by atoms with van der Waals surface area (Å²) in [6, 6.07) is 10.8. The number of hydrogen-bond donors (Lipinski definition) is 2. The van der Waals surface area contributed by atoms with E-state index >= 15 is 0 Å². The molecular weight excluding hydrogens is 296 g/mol. The van der Waals surface area contributed by atoms with Gasteiger partial charge in [0, 0.05) is 17.7 Å². The van der Waals surface area contributed by atoms with Crippen molar-refractivity contribution in [2.24, 2.45) is 0 Å². The molecule has 0 aliphatic heterocycles. The van der Waals surface area contributed by atoms with E-state index in [2.05, 4.69) is 25.9 Å². The zero-order valence-corrected chi connectivity index (χ0v) is 12.5. The molecule has 0 aliphatic carbocycles. The number of amides is 2. The maximum absolute atomic E-state index is 11.9. The lowest BCUT2D eigenvalue weighted by molar-refractivity contribution is 0.247. The Hall–Kier alpha value is -3.16. The van der Waals surface area contributed by atoms with Crippen molar-refractivity contribution < 1.29 is 9.32 Å². The van der Waals surface area contributed by atoms with Crippen molar-refractivity contribution in [3.8, 4) is 11.3 Å². The monoisotopic (exact) mass is 312 g/mol. The average molecular weight is 312 g/mol. The molecule has 2 N–H and O–H groups in total. The van der Waals surface area contributed by atoms with Gasteiger partial charge in [-0.1, -0.05) is 35.5 Å². The van der Waals surface area contributed by atoms with Gasteiger partial charge in [-0.25, -0.2) is 9.78 Å². The van der Waals surface area contributed by atoms with Gasteiger partial charge in [-0.2, -0.15) is 5.10 Å². The van der Waals surface area contributed by atoms with Crippen LogP contribution in [0.1, 0.15) is 6.92 Å². The molecule has 2 heterocycles. The first-order chi connectivity index (χ1) is 11.2. The molecule has 3 aromatic rings. The van der Waals surface area contributed by atoms with Gasteiger partial charge in [0.05, 0.1) is 6.54 Å². The van der Waals surface area contributed by atoms with Gasteiger partial charge < -0.3 is 9.84 Å². The summed E-state index contributed by atoms with van der Waals surface area (Å²) in [7, 11) is 0. The number of anilines is 1. The molecule has 1 atom stereocenters. The summed E-state index contributed by atoms with van der Waals surface area (Å²) in [5.74, 6) is 0.950. The van der Waals surface area contributed by atoms with Crippen LogP contribution < -0.4 is 10.6 Å². The molecule has 2 aromatic heterocycles. The number of urea groups is 1. The highest BCUT2D eigenvalue weighted by atomic mass is 16.5. The van der Waals surface area contributed by atoms with Crippen LogP contribution in [0, 0.1) is 0 Å². The summed E-state index contributed by atoms with van der Waals surface area (Å²) < 4.78 is 6.87. The zero-order chi connectivity index (χ0) is 16.1. The lowest BCUT2D eigenvalue weighted by atomic mass is 10.2. The smallest absolute Gasteiger partial charge is 0.320 e. The van der Waals surface area contributed by atoms with Gasteiger partial charge in [0.1, 0.15) is 12.7 Å². The molecule has 1 aromatic carbocycles. The highest BCUT2D eigenvalue weighted by molar-refractivity contribution is 5.88. The Morgan fingerprint density at radius 3 is 2.91 bits per heavy atom. The summed E-state index contributed by atoms with van der Waals surface area (Å²) in [5.41, 5.74) is 0.896. The van der Waals surface area contributed by atoms with Crippen molar-refractivity contribution in [1.29, 1.82) is 0 Å². The normalized spacial score (nSPS) is 11.9. The molecule has 118 valence electrons. The largest absolute Gasteiger partial charge is 0.354 e. The molecule has 0 saturated heterocycles. The minimum atomic E-state index is -0.356. The van der Waals surface area contributed by atoms with Crippen molar-refractivity contribution in [2.75, 3.05) is 5.32 Å². The van der Waals surface area contributed by atoms with Crippen molar-refractivity contribution in [2.45, 2.75) is 19.5 Å². The number of hydrogen-bond acceptors (Lipinski definition) is 5. The Morgan fingerprint density at radius 2 is 2.17 bits per heavy atom. The Kier molecular flexibility index (Phi) is 4.32. The van der Waals surface area contributed by atoms with Crippen LogP contribution in [-0.4, -0.2) is 32.0 Å². The molecule has 0 unspecified atom stereocenters. The molecular formula is C15H16N6O2. The Bertz CT molecular complexity index is 753. The van der Waals surface area contributed by atoms with E-state index in [0.29, 0.717) is 18.1 Å². The first kappa shape index (κ1) is 14.8. The van der Waals surface area contributed by atoms with E-state index in [-0.39, 0.29) is 12.1 Å². The summed E-state index contributed by atoms with van der Waals surface area (Å²) in [5, 5.41) is 13.3. The number of nitrogens with zero attached hydrogens (tertiary/aromatic N) is 4. The van der Waals surface area contributed by atoms with Crippen LogP contribution in [0.25, 0.3) is 11.3 Å². The van der Waals surface area contributed by atoms with E-state index in [1.165, 1.54) is 6.33 Å².